The molecule has 2 rings (SSSR count). The molecule has 1 aromatic heterocycles. The molecule has 5 heteroatoms. The predicted molar refractivity (Wildman–Crippen MR) is 77.5 cm³/mol. The van der Waals surface area contributed by atoms with Gasteiger partial charge in [0.25, 0.3) is 0 Å². The molecule has 2 aromatic rings. The Hall–Kier alpha value is -1.33. The van der Waals surface area contributed by atoms with Crippen molar-refractivity contribution in [3.05, 3.63) is 41.7 Å². The Morgan fingerprint density at radius 1 is 1.21 bits per heavy atom. The minimum atomic E-state index is 0.678. The molecule has 0 amide bonds. The van der Waals surface area contributed by atoms with Crippen LogP contribution in [0.3, 0.4) is 0 Å². The largest absolute Gasteiger partial charge is 0.383 e. The number of hydrogen-bond acceptors (Lipinski definition) is 4. The second-order valence-corrected chi connectivity index (χ2v) is 5.37. The maximum absolute atomic E-state index is 5.17. The van der Waals surface area contributed by atoms with E-state index in [0.717, 1.165) is 29.7 Å². The molecule has 0 spiro atoms. The van der Waals surface area contributed by atoms with Crippen molar-refractivity contribution in [1.82, 2.24) is 14.8 Å². The molecule has 1 aromatic carbocycles. The first-order valence-corrected chi connectivity index (χ1v) is 7.41. The van der Waals surface area contributed by atoms with Crippen molar-refractivity contribution in [2.45, 2.75) is 25.0 Å². The van der Waals surface area contributed by atoms with Crippen molar-refractivity contribution in [2.24, 2.45) is 0 Å². The van der Waals surface area contributed by atoms with Crippen LogP contribution in [0.15, 0.2) is 35.5 Å². The molecule has 0 atom stereocenters. The molecule has 0 N–H and O–H groups in total. The Kier molecular flexibility index (Phi) is 5.42. The summed E-state index contributed by atoms with van der Waals surface area (Å²) in [5.74, 6) is 2.00. The van der Waals surface area contributed by atoms with E-state index in [1.807, 2.05) is 18.2 Å². The zero-order valence-corrected chi connectivity index (χ0v) is 12.2. The average molecular weight is 277 g/mol. The van der Waals surface area contributed by atoms with Crippen molar-refractivity contribution < 1.29 is 4.74 Å². The first-order chi connectivity index (χ1) is 9.35. The molecular weight excluding hydrogens is 258 g/mol. The van der Waals surface area contributed by atoms with Crippen molar-refractivity contribution in [1.29, 1.82) is 0 Å². The third-order valence-corrected chi connectivity index (χ3v) is 3.64. The third-order valence-electron chi connectivity index (χ3n) is 2.79. The van der Waals surface area contributed by atoms with E-state index in [2.05, 4.69) is 33.8 Å². The minimum Gasteiger partial charge on any atom is -0.383 e. The van der Waals surface area contributed by atoms with E-state index < -0.39 is 0 Å². The second-order valence-electron chi connectivity index (χ2n) is 4.14. The van der Waals surface area contributed by atoms with Gasteiger partial charge in [-0.25, -0.2) is 0 Å². The fourth-order valence-corrected chi connectivity index (χ4v) is 2.58. The highest BCUT2D eigenvalue weighted by molar-refractivity contribution is 7.99. The van der Waals surface area contributed by atoms with Gasteiger partial charge in [-0.1, -0.05) is 49.0 Å². The number of benzene rings is 1. The molecule has 4 nitrogen and oxygen atoms in total. The summed E-state index contributed by atoms with van der Waals surface area (Å²) in [5.41, 5.74) is 1.25. The summed E-state index contributed by atoms with van der Waals surface area (Å²) in [4.78, 5) is 0. The molecule has 1 heterocycles. The molecule has 0 unspecified atom stereocenters. The van der Waals surface area contributed by atoms with Gasteiger partial charge >= 0.3 is 0 Å². The fraction of sp³-hybridized carbons (Fsp3) is 0.429. The molecule has 0 saturated heterocycles. The lowest BCUT2D eigenvalue weighted by Crippen LogP contribution is -2.10. The van der Waals surface area contributed by atoms with Crippen LogP contribution >= 0.6 is 11.8 Å². The van der Waals surface area contributed by atoms with Gasteiger partial charge in [-0.3, -0.25) is 0 Å². The maximum Gasteiger partial charge on any atom is 0.191 e. The van der Waals surface area contributed by atoms with Gasteiger partial charge in [0.15, 0.2) is 5.16 Å². The second kappa shape index (κ2) is 7.31. The summed E-state index contributed by atoms with van der Waals surface area (Å²) in [5, 5.41) is 9.57. The molecule has 0 aliphatic rings. The lowest BCUT2D eigenvalue weighted by Gasteiger charge is -2.09. The number of methoxy groups -OCH3 is 1. The van der Waals surface area contributed by atoms with E-state index >= 15 is 0 Å². The van der Waals surface area contributed by atoms with Crippen molar-refractivity contribution in [3.8, 4) is 0 Å². The predicted octanol–water partition coefficient (Wildman–Crippen LogP) is 2.63. The van der Waals surface area contributed by atoms with Crippen LogP contribution in [0.25, 0.3) is 0 Å². The van der Waals surface area contributed by atoms with E-state index in [9.17, 15) is 0 Å². The Labute approximate surface area is 118 Å². The van der Waals surface area contributed by atoms with Crippen LogP contribution in [0.1, 0.15) is 18.3 Å². The highest BCUT2D eigenvalue weighted by Gasteiger charge is 2.12. The van der Waals surface area contributed by atoms with E-state index in [1.165, 1.54) is 5.56 Å². The van der Waals surface area contributed by atoms with E-state index in [-0.39, 0.29) is 0 Å². The maximum atomic E-state index is 5.17. The molecule has 0 bridgehead atoms. The van der Waals surface area contributed by atoms with Gasteiger partial charge in [-0.05, 0) is 11.3 Å². The monoisotopic (exact) mass is 277 g/mol. The summed E-state index contributed by atoms with van der Waals surface area (Å²) in [6.07, 6.45) is 0.807. The van der Waals surface area contributed by atoms with E-state index in [0.29, 0.717) is 6.61 Å². The summed E-state index contributed by atoms with van der Waals surface area (Å²) in [6.45, 7) is 3.60. The normalized spacial score (nSPS) is 10.8. The van der Waals surface area contributed by atoms with Crippen LogP contribution in [-0.4, -0.2) is 34.2 Å². The van der Waals surface area contributed by atoms with Crippen molar-refractivity contribution in [2.75, 3.05) is 19.5 Å². The summed E-state index contributed by atoms with van der Waals surface area (Å²) >= 11 is 1.72. The zero-order chi connectivity index (χ0) is 13.5. The SMILES string of the molecule is CCSc1nnc(Cc2ccccc2)n1CCOC. The molecular formula is C14H19N3OS. The van der Waals surface area contributed by atoms with Gasteiger partial charge < -0.3 is 9.30 Å². The lowest BCUT2D eigenvalue weighted by atomic mass is 10.1. The standard InChI is InChI=1S/C14H19N3OS/c1-3-19-14-16-15-13(17(14)9-10-18-2)11-12-7-5-4-6-8-12/h4-8H,3,9-11H2,1-2H3. The molecule has 0 fully saturated rings. The number of ether oxygens (including phenoxy) is 1. The fourth-order valence-electron chi connectivity index (χ4n) is 1.87. The average Bonchev–Trinajstić information content (AvgIpc) is 2.80. The van der Waals surface area contributed by atoms with Crippen molar-refractivity contribution in [3.63, 3.8) is 0 Å². The first-order valence-electron chi connectivity index (χ1n) is 6.43. The van der Waals surface area contributed by atoms with E-state index in [4.69, 9.17) is 4.74 Å². The van der Waals surface area contributed by atoms with Gasteiger partial charge in [0.05, 0.1) is 6.61 Å². The Balaban J connectivity index is 2.19. The lowest BCUT2D eigenvalue weighted by molar-refractivity contribution is 0.184. The van der Waals surface area contributed by atoms with Crippen LogP contribution in [0, 0.1) is 0 Å². The summed E-state index contributed by atoms with van der Waals surface area (Å²) in [6, 6.07) is 10.3. The summed E-state index contributed by atoms with van der Waals surface area (Å²) in [7, 11) is 1.72. The highest BCUT2D eigenvalue weighted by Crippen LogP contribution is 2.18. The van der Waals surface area contributed by atoms with Crippen LogP contribution in [0.5, 0.6) is 0 Å². The van der Waals surface area contributed by atoms with Crippen LogP contribution in [0.2, 0.25) is 0 Å². The quantitative estimate of drug-likeness (QED) is 0.729. The van der Waals surface area contributed by atoms with Gasteiger partial charge in [-0.15, -0.1) is 10.2 Å². The Bertz CT molecular complexity index is 499. The van der Waals surface area contributed by atoms with Gasteiger partial charge in [-0.2, -0.15) is 0 Å². The van der Waals surface area contributed by atoms with Crippen LogP contribution in [-0.2, 0) is 17.7 Å². The number of rotatable bonds is 7. The van der Waals surface area contributed by atoms with Crippen molar-refractivity contribution >= 4 is 11.8 Å². The number of nitrogens with zero attached hydrogens (tertiary/aromatic N) is 3. The number of thioether (sulfide) groups is 1. The summed E-state index contributed by atoms with van der Waals surface area (Å²) < 4.78 is 7.33. The number of hydrogen-bond donors (Lipinski definition) is 0. The van der Waals surface area contributed by atoms with Gasteiger partial charge in [0.2, 0.25) is 0 Å². The molecule has 0 radical (unpaired) electrons. The smallest absolute Gasteiger partial charge is 0.191 e. The Morgan fingerprint density at radius 3 is 2.68 bits per heavy atom. The molecule has 0 saturated carbocycles. The van der Waals surface area contributed by atoms with Gasteiger partial charge in [0, 0.05) is 20.1 Å². The van der Waals surface area contributed by atoms with E-state index in [1.54, 1.807) is 18.9 Å². The molecule has 0 aliphatic heterocycles. The Morgan fingerprint density at radius 2 is 2.00 bits per heavy atom. The third kappa shape index (κ3) is 3.81. The highest BCUT2D eigenvalue weighted by atomic mass is 32.2. The number of aromatic nitrogens is 3. The minimum absolute atomic E-state index is 0.678. The zero-order valence-electron chi connectivity index (χ0n) is 11.4. The topological polar surface area (TPSA) is 39.9 Å². The van der Waals surface area contributed by atoms with Crippen LogP contribution < -0.4 is 0 Å². The van der Waals surface area contributed by atoms with Gasteiger partial charge in [0.1, 0.15) is 5.82 Å². The molecule has 19 heavy (non-hydrogen) atoms. The molecule has 102 valence electrons. The molecule has 0 aliphatic carbocycles. The first kappa shape index (κ1) is 14.1. The van der Waals surface area contributed by atoms with Crippen LogP contribution in [0.4, 0.5) is 0 Å².